The fourth-order valence-electron chi connectivity index (χ4n) is 3.64. The minimum Gasteiger partial charge on any atom is -0.456 e. The van der Waals surface area contributed by atoms with Crippen molar-refractivity contribution in [1.82, 2.24) is 4.98 Å². The lowest BCUT2D eigenvalue weighted by atomic mass is 9.79. The van der Waals surface area contributed by atoms with Crippen molar-refractivity contribution in [3.05, 3.63) is 67.9 Å². The highest BCUT2D eigenvalue weighted by Gasteiger charge is 2.34. The van der Waals surface area contributed by atoms with Gasteiger partial charge in [0.25, 0.3) is 0 Å². The number of rotatable bonds is 4. The van der Waals surface area contributed by atoms with E-state index in [2.05, 4.69) is 72.6 Å². The Bertz CT molecular complexity index is 1160. The zero-order valence-corrected chi connectivity index (χ0v) is 20.5. The number of aryl methyl sites for hydroxylation is 1. The monoisotopic (exact) mass is 514 g/mol. The summed E-state index contributed by atoms with van der Waals surface area (Å²) in [7, 11) is 0. The number of nitrogens with zero attached hydrogens (tertiary/aromatic N) is 1. The molecule has 0 aliphatic heterocycles. The molecule has 4 nitrogen and oxygen atoms in total. The summed E-state index contributed by atoms with van der Waals surface area (Å²) in [6.07, 6.45) is 0.978. The molecule has 156 valence electrons. The van der Waals surface area contributed by atoms with E-state index in [-0.39, 0.29) is 5.97 Å². The first kappa shape index (κ1) is 22.4. The van der Waals surface area contributed by atoms with Gasteiger partial charge in [-0.2, -0.15) is 5.26 Å². The molecule has 0 saturated carbocycles. The average molecular weight is 514 g/mol. The lowest BCUT2D eigenvalue weighted by Gasteiger charge is -2.27. The van der Waals surface area contributed by atoms with Gasteiger partial charge in [0, 0.05) is 25.6 Å². The van der Waals surface area contributed by atoms with Gasteiger partial charge in [-0.25, -0.2) is 4.79 Å². The van der Waals surface area contributed by atoms with Crippen molar-refractivity contribution in [3.63, 3.8) is 0 Å². The average Bonchev–Trinajstić information content (AvgIpc) is 3.06. The van der Waals surface area contributed by atoms with Crippen LogP contribution in [0.25, 0.3) is 10.9 Å². The van der Waals surface area contributed by atoms with E-state index < -0.39 is 11.0 Å². The number of nitrogens with one attached hydrogen (secondary N) is 1. The lowest BCUT2D eigenvalue weighted by Crippen LogP contribution is -2.27. The zero-order valence-electron chi connectivity index (χ0n) is 18.3. The van der Waals surface area contributed by atoms with Gasteiger partial charge in [-0.05, 0) is 79.1 Å². The molecule has 0 bridgehead atoms. The van der Waals surface area contributed by atoms with Gasteiger partial charge in [0.2, 0.25) is 0 Å². The number of benzene rings is 2. The summed E-state index contributed by atoms with van der Waals surface area (Å²) in [5, 5.41) is 10.1. The Morgan fingerprint density at radius 2 is 1.83 bits per heavy atom. The number of carbonyl (C=O) groups excluding carboxylic acids is 1. The summed E-state index contributed by atoms with van der Waals surface area (Å²) >= 11 is 2.37. The topological polar surface area (TPSA) is 65.9 Å². The number of hydrogen-bond acceptors (Lipinski definition) is 3. The van der Waals surface area contributed by atoms with E-state index in [1.165, 1.54) is 9.13 Å². The third-order valence-corrected chi connectivity index (χ3v) is 6.32. The molecule has 2 aromatic carbocycles. The van der Waals surface area contributed by atoms with Crippen LogP contribution in [0.4, 0.5) is 0 Å². The summed E-state index contributed by atoms with van der Waals surface area (Å²) in [5.41, 5.74) is 3.98. The third-order valence-electron chi connectivity index (χ3n) is 5.31. The van der Waals surface area contributed by atoms with Crippen molar-refractivity contribution in [1.29, 1.82) is 5.26 Å². The summed E-state index contributed by atoms with van der Waals surface area (Å²) < 4.78 is 6.96. The largest absolute Gasteiger partial charge is 0.456 e. The molecule has 0 aliphatic rings. The number of aromatic nitrogens is 1. The second-order valence-corrected chi connectivity index (χ2v) is 10.2. The Morgan fingerprint density at radius 3 is 2.40 bits per heavy atom. The quantitative estimate of drug-likeness (QED) is 0.320. The van der Waals surface area contributed by atoms with Crippen LogP contribution in [0.1, 0.15) is 74.3 Å². The van der Waals surface area contributed by atoms with Gasteiger partial charge >= 0.3 is 5.97 Å². The summed E-state index contributed by atoms with van der Waals surface area (Å²) in [4.78, 5) is 16.7. The SMILES string of the molecule is CCc1ccc(C(C)(C)c2[nH]c3cc(C#N)ccc3c2C(=O)OC(C)(C)C)cc1I. The maximum atomic E-state index is 13.2. The zero-order chi connectivity index (χ0) is 22.3. The molecule has 0 unspecified atom stereocenters. The number of H-pyrrole nitrogens is 1. The molecule has 0 amide bonds. The van der Waals surface area contributed by atoms with Crippen LogP contribution >= 0.6 is 22.6 Å². The maximum absolute atomic E-state index is 13.2. The standard InChI is InChI=1S/C25H27IN2O2/c1-7-16-9-10-17(13-19(16)26)25(5,6)22-21(23(29)30-24(2,3)4)18-11-8-15(14-27)12-20(18)28-22/h8-13,28H,7H2,1-6H3. The van der Waals surface area contributed by atoms with E-state index in [0.29, 0.717) is 11.1 Å². The second kappa shape index (κ2) is 8.07. The molecular weight excluding hydrogens is 487 g/mol. The van der Waals surface area contributed by atoms with Crippen LogP contribution in [0.15, 0.2) is 36.4 Å². The number of aromatic amines is 1. The highest BCUT2D eigenvalue weighted by Crippen LogP contribution is 2.38. The highest BCUT2D eigenvalue weighted by molar-refractivity contribution is 14.1. The predicted octanol–water partition coefficient (Wildman–Crippen LogP) is 6.49. The lowest BCUT2D eigenvalue weighted by molar-refractivity contribution is 0.00696. The van der Waals surface area contributed by atoms with E-state index in [4.69, 9.17) is 4.74 Å². The van der Waals surface area contributed by atoms with E-state index in [1.54, 1.807) is 12.1 Å². The minimum atomic E-state index is -0.604. The van der Waals surface area contributed by atoms with Crippen LogP contribution in [-0.4, -0.2) is 16.6 Å². The molecular formula is C25H27IN2O2. The molecule has 1 aromatic heterocycles. The summed E-state index contributed by atoms with van der Waals surface area (Å²) in [6, 6.07) is 14.0. The van der Waals surface area contributed by atoms with Crippen molar-refractivity contribution in [2.75, 3.05) is 0 Å². The summed E-state index contributed by atoms with van der Waals surface area (Å²) in [5.74, 6) is -0.360. The van der Waals surface area contributed by atoms with E-state index in [0.717, 1.165) is 28.6 Å². The van der Waals surface area contributed by atoms with E-state index in [9.17, 15) is 10.1 Å². The van der Waals surface area contributed by atoms with Crippen LogP contribution in [0.5, 0.6) is 0 Å². The Kier molecular flexibility index (Phi) is 6.01. The fraction of sp³-hybridized carbons (Fsp3) is 0.360. The molecule has 0 spiro atoms. The number of hydrogen-bond donors (Lipinski definition) is 1. The number of halogens is 1. The van der Waals surface area contributed by atoms with Crippen molar-refractivity contribution < 1.29 is 9.53 Å². The van der Waals surface area contributed by atoms with E-state index in [1.807, 2.05) is 26.8 Å². The van der Waals surface area contributed by atoms with Gasteiger partial charge in [-0.1, -0.05) is 39.0 Å². The minimum absolute atomic E-state index is 0.360. The number of nitriles is 1. The molecule has 0 aliphatic carbocycles. The molecule has 5 heteroatoms. The van der Waals surface area contributed by atoms with Gasteiger partial charge in [0.15, 0.2) is 0 Å². The maximum Gasteiger partial charge on any atom is 0.341 e. The van der Waals surface area contributed by atoms with Gasteiger partial charge in [-0.3, -0.25) is 0 Å². The molecule has 0 radical (unpaired) electrons. The Balaban J connectivity index is 2.25. The molecule has 1 N–H and O–H groups in total. The first-order valence-electron chi connectivity index (χ1n) is 10.1. The molecule has 3 aromatic rings. The van der Waals surface area contributed by atoms with Crippen molar-refractivity contribution >= 4 is 39.5 Å². The van der Waals surface area contributed by atoms with Crippen LogP contribution < -0.4 is 0 Å². The second-order valence-electron chi connectivity index (χ2n) is 9.03. The number of carbonyl (C=O) groups is 1. The van der Waals surface area contributed by atoms with E-state index >= 15 is 0 Å². The molecule has 0 fully saturated rings. The van der Waals surface area contributed by atoms with Crippen LogP contribution in [-0.2, 0) is 16.6 Å². The first-order valence-corrected chi connectivity index (χ1v) is 11.1. The molecule has 0 saturated heterocycles. The first-order chi connectivity index (χ1) is 14.0. The highest BCUT2D eigenvalue weighted by atomic mass is 127. The van der Waals surface area contributed by atoms with Crippen molar-refractivity contribution in [3.8, 4) is 6.07 Å². The number of esters is 1. The smallest absolute Gasteiger partial charge is 0.341 e. The van der Waals surface area contributed by atoms with Gasteiger partial charge in [-0.15, -0.1) is 0 Å². The Morgan fingerprint density at radius 1 is 1.13 bits per heavy atom. The van der Waals surface area contributed by atoms with Crippen molar-refractivity contribution in [2.24, 2.45) is 0 Å². The molecule has 0 atom stereocenters. The summed E-state index contributed by atoms with van der Waals surface area (Å²) in [6.45, 7) is 12.0. The van der Waals surface area contributed by atoms with Gasteiger partial charge < -0.3 is 9.72 Å². The molecule has 1 heterocycles. The third kappa shape index (κ3) is 4.24. The predicted molar refractivity (Wildman–Crippen MR) is 129 cm³/mol. The number of ether oxygens (including phenoxy) is 1. The fourth-order valence-corrected chi connectivity index (χ4v) is 4.54. The van der Waals surface area contributed by atoms with Crippen LogP contribution in [0, 0.1) is 14.9 Å². The Labute approximate surface area is 191 Å². The normalized spacial score (nSPS) is 12.1. The van der Waals surface area contributed by atoms with Crippen LogP contribution in [0.3, 0.4) is 0 Å². The number of fused-ring (bicyclic) bond motifs is 1. The Hall–Kier alpha value is -2.33. The molecule has 30 heavy (non-hydrogen) atoms. The van der Waals surface area contributed by atoms with Gasteiger partial charge in [0.05, 0.1) is 17.2 Å². The van der Waals surface area contributed by atoms with Crippen molar-refractivity contribution in [2.45, 2.75) is 59.0 Å². The molecule has 3 rings (SSSR count). The van der Waals surface area contributed by atoms with Gasteiger partial charge in [0.1, 0.15) is 5.60 Å². The van der Waals surface area contributed by atoms with Crippen LogP contribution in [0.2, 0.25) is 0 Å².